The highest BCUT2D eigenvalue weighted by Crippen LogP contribution is 2.01. The van der Waals surface area contributed by atoms with Crippen molar-refractivity contribution in [3.05, 3.63) is 66.8 Å². The molecule has 0 radical (unpaired) electrons. The fourth-order valence-corrected chi connectivity index (χ4v) is 1.36. The van der Waals surface area contributed by atoms with Gasteiger partial charge in [-0.2, -0.15) is 0 Å². The van der Waals surface area contributed by atoms with E-state index in [9.17, 15) is 14.4 Å². The van der Waals surface area contributed by atoms with Crippen LogP contribution in [0.5, 0.6) is 0 Å². The van der Waals surface area contributed by atoms with Gasteiger partial charge in [0.15, 0.2) is 0 Å². The summed E-state index contributed by atoms with van der Waals surface area (Å²) >= 11 is 0. The number of carbonyl (C=O) groups excluding carboxylic acids is 3. The van der Waals surface area contributed by atoms with Crippen molar-refractivity contribution in [2.45, 2.75) is 6.92 Å². The standard InChI is InChI=1S/C13H16O4.C7H8O3/c14-8-9-16-10-11-17-13(15)7-6-12-4-2-1-3-5-12;1-4-6(8)10-7(9)5(2)3/h1-7,14H,8-11H2;4H,1-2H2,3H3. The molecule has 146 valence electrons. The van der Waals surface area contributed by atoms with Gasteiger partial charge in [0.05, 0.1) is 19.8 Å². The molecule has 0 aromatic heterocycles. The van der Waals surface area contributed by atoms with Gasteiger partial charge in [-0.25, -0.2) is 14.4 Å². The van der Waals surface area contributed by atoms with Crippen molar-refractivity contribution in [3.63, 3.8) is 0 Å². The van der Waals surface area contributed by atoms with Crippen molar-refractivity contribution in [2.75, 3.05) is 26.4 Å². The first-order valence-corrected chi connectivity index (χ1v) is 8.03. The first kappa shape index (κ1) is 24.0. The van der Waals surface area contributed by atoms with Gasteiger partial charge in [0.1, 0.15) is 6.61 Å². The van der Waals surface area contributed by atoms with Crippen molar-refractivity contribution >= 4 is 24.0 Å². The predicted molar refractivity (Wildman–Crippen MR) is 100 cm³/mol. The SMILES string of the molecule is C=CC(=O)OC(=O)C(=C)C.O=C(C=Cc1ccccc1)OCCOCCO. The Morgan fingerprint density at radius 3 is 2.30 bits per heavy atom. The third-order valence-electron chi connectivity index (χ3n) is 2.63. The Bertz CT molecular complexity index is 648. The first-order valence-electron chi connectivity index (χ1n) is 8.03. The molecule has 0 fully saturated rings. The molecule has 0 heterocycles. The second kappa shape index (κ2) is 15.2. The Morgan fingerprint density at radius 1 is 1.07 bits per heavy atom. The van der Waals surface area contributed by atoms with Crippen LogP contribution in [0.25, 0.3) is 6.08 Å². The lowest BCUT2D eigenvalue weighted by atomic mass is 10.2. The highest BCUT2D eigenvalue weighted by Gasteiger charge is 2.06. The summed E-state index contributed by atoms with van der Waals surface area (Å²) < 4.78 is 14.0. The average Bonchev–Trinajstić information content (AvgIpc) is 2.67. The zero-order valence-corrected chi connectivity index (χ0v) is 15.3. The largest absolute Gasteiger partial charge is 0.460 e. The lowest BCUT2D eigenvalue weighted by molar-refractivity contribution is -0.153. The molecule has 1 rings (SSSR count). The van der Waals surface area contributed by atoms with Gasteiger partial charge in [0, 0.05) is 17.7 Å². The molecule has 1 N–H and O–H groups in total. The zero-order chi connectivity index (χ0) is 20.5. The number of aliphatic hydroxyl groups excluding tert-OH is 1. The number of benzene rings is 1. The Labute approximate surface area is 158 Å². The smallest absolute Gasteiger partial charge is 0.340 e. The lowest BCUT2D eigenvalue weighted by Gasteiger charge is -2.02. The maximum Gasteiger partial charge on any atom is 0.340 e. The molecule has 0 amide bonds. The Hall–Kier alpha value is -3.03. The van der Waals surface area contributed by atoms with Gasteiger partial charge in [0.2, 0.25) is 0 Å². The number of hydrogen-bond acceptors (Lipinski definition) is 7. The molecule has 1 aromatic carbocycles. The fourth-order valence-electron chi connectivity index (χ4n) is 1.36. The highest BCUT2D eigenvalue weighted by molar-refractivity contribution is 5.98. The molecule has 0 unspecified atom stereocenters. The Balaban J connectivity index is 0.000000580. The number of esters is 3. The normalized spacial score (nSPS) is 9.70. The van der Waals surface area contributed by atoms with E-state index >= 15 is 0 Å². The fraction of sp³-hybridized carbons (Fsp3) is 0.250. The summed E-state index contributed by atoms with van der Waals surface area (Å²) in [7, 11) is 0. The highest BCUT2D eigenvalue weighted by atomic mass is 16.6. The third-order valence-corrected chi connectivity index (χ3v) is 2.63. The van der Waals surface area contributed by atoms with Crippen LogP contribution in [0.4, 0.5) is 0 Å². The third kappa shape index (κ3) is 13.9. The van der Waals surface area contributed by atoms with Crippen molar-refractivity contribution in [1.82, 2.24) is 0 Å². The van der Waals surface area contributed by atoms with Crippen LogP contribution in [-0.2, 0) is 28.6 Å². The van der Waals surface area contributed by atoms with Crippen LogP contribution < -0.4 is 0 Å². The van der Waals surface area contributed by atoms with Gasteiger partial charge in [-0.05, 0) is 18.6 Å². The van der Waals surface area contributed by atoms with Crippen LogP contribution in [0.2, 0.25) is 0 Å². The molecule has 0 bridgehead atoms. The van der Waals surface area contributed by atoms with Crippen molar-refractivity contribution in [2.24, 2.45) is 0 Å². The molecule has 7 heteroatoms. The zero-order valence-electron chi connectivity index (χ0n) is 15.3. The predicted octanol–water partition coefficient (Wildman–Crippen LogP) is 2.07. The average molecular weight is 376 g/mol. The molecule has 7 nitrogen and oxygen atoms in total. The van der Waals surface area contributed by atoms with Gasteiger partial charge in [-0.15, -0.1) is 0 Å². The van der Waals surface area contributed by atoms with E-state index in [0.29, 0.717) is 6.61 Å². The maximum atomic E-state index is 11.2. The van der Waals surface area contributed by atoms with Crippen LogP contribution in [0, 0.1) is 0 Å². The van der Waals surface area contributed by atoms with Crippen molar-refractivity contribution in [1.29, 1.82) is 0 Å². The van der Waals surface area contributed by atoms with E-state index in [0.717, 1.165) is 11.6 Å². The lowest BCUT2D eigenvalue weighted by Crippen LogP contribution is -2.10. The molecular formula is C20H24O7. The van der Waals surface area contributed by atoms with E-state index in [-0.39, 0.29) is 25.4 Å². The Morgan fingerprint density at radius 2 is 1.74 bits per heavy atom. The summed E-state index contributed by atoms with van der Waals surface area (Å²) in [4.78, 5) is 32.1. The summed E-state index contributed by atoms with van der Waals surface area (Å²) in [6.07, 6.45) is 3.99. The van der Waals surface area contributed by atoms with Crippen molar-refractivity contribution < 1.29 is 33.7 Å². The molecule has 27 heavy (non-hydrogen) atoms. The minimum atomic E-state index is -0.756. The van der Waals surface area contributed by atoms with Gasteiger partial charge in [0.25, 0.3) is 0 Å². The first-order chi connectivity index (χ1) is 12.9. The van der Waals surface area contributed by atoms with E-state index < -0.39 is 17.9 Å². The van der Waals surface area contributed by atoms with Gasteiger partial charge in [-0.1, -0.05) is 43.5 Å². The molecule has 0 saturated carbocycles. The van der Waals surface area contributed by atoms with E-state index in [1.165, 1.54) is 13.0 Å². The molecule has 0 aliphatic carbocycles. The molecular weight excluding hydrogens is 352 g/mol. The quantitative estimate of drug-likeness (QED) is 0.305. The monoisotopic (exact) mass is 376 g/mol. The number of rotatable bonds is 9. The van der Waals surface area contributed by atoms with Crippen molar-refractivity contribution in [3.8, 4) is 0 Å². The van der Waals surface area contributed by atoms with Crippen LogP contribution in [-0.4, -0.2) is 49.4 Å². The van der Waals surface area contributed by atoms with E-state index in [1.54, 1.807) is 6.08 Å². The number of aliphatic hydroxyl groups is 1. The molecule has 0 aliphatic rings. The van der Waals surface area contributed by atoms with Gasteiger partial charge in [-0.3, -0.25) is 0 Å². The summed E-state index contributed by atoms with van der Waals surface area (Å²) in [6.45, 7) is 8.58. The summed E-state index contributed by atoms with van der Waals surface area (Å²) in [5.74, 6) is -1.88. The van der Waals surface area contributed by atoms with Crippen LogP contribution in [0.15, 0.2) is 61.2 Å². The molecule has 0 aliphatic heterocycles. The van der Waals surface area contributed by atoms with Crippen LogP contribution >= 0.6 is 0 Å². The second-order valence-electron chi connectivity index (χ2n) is 4.94. The van der Waals surface area contributed by atoms with Gasteiger partial charge >= 0.3 is 17.9 Å². The molecule has 0 saturated heterocycles. The van der Waals surface area contributed by atoms with E-state index in [2.05, 4.69) is 17.9 Å². The van der Waals surface area contributed by atoms with E-state index in [4.69, 9.17) is 14.6 Å². The minimum absolute atomic E-state index is 0.0259. The van der Waals surface area contributed by atoms with Crippen LogP contribution in [0.3, 0.4) is 0 Å². The van der Waals surface area contributed by atoms with Crippen LogP contribution in [0.1, 0.15) is 12.5 Å². The van der Waals surface area contributed by atoms with E-state index in [1.807, 2.05) is 30.3 Å². The number of hydrogen-bond donors (Lipinski definition) is 1. The maximum absolute atomic E-state index is 11.2. The number of ether oxygens (including phenoxy) is 3. The summed E-state index contributed by atoms with van der Waals surface area (Å²) in [6, 6.07) is 9.50. The molecule has 1 aromatic rings. The second-order valence-corrected chi connectivity index (χ2v) is 4.94. The summed E-state index contributed by atoms with van der Waals surface area (Å²) in [5.41, 5.74) is 1.14. The number of carbonyl (C=O) groups is 3. The Kier molecular flexibility index (Phi) is 13.5. The minimum Gasteiger partial charge on any atom is -0.460 e. The summed E-state index contributed by atoms with van der Waals surface area (Å²) in [5, 5.41) is 8.44. The molecule has 0 spiro atoms. The van der Waals surface area contributed by atoms with Gasteiger partial charge < -0.3 is 19.3 Å². The molecule has 0 atom stereocenters. The topological polar surface area (TPSA) is 99.1 Å².